The number of nitrogens with zero attached hydrogens (tertiary/aromatic N) is 2. The highest BCUT2D eigenvalue weighted by Crippen LogP contribution is 2.27. The highest BCUT2D eigenvalue weighted by molar-refractivity contribution is 9.10. The molecular weight excluding hydrogens is 561 g/mol. The van der Waals surface area contributed by atoms with E-state index >= 15 is 0 Å². The summed E-state index contributed by atoms with van der Waals surface area (Å²) >= 11 is 3.37. The van der Waals surface area contributed by atoms with Gasteiger partial charge in [0.2, 0.25) is 11.8 Å². The minimum absolute atomic E-state index is 0.00641. The van der Waals surface area contributed by atoms with Crippen molar-refractivity contribution in [1.82, 2.24) is 10.2 Å². The largest absolute Gasteiger partial charge is 0.355 e. The second-order valence-corrected chi connectivity index (χ2v) is 11.0. The van der Waals surface area contributed by atoms with E-state index < -0.39 is 34.3 Å². The molecule has 37 heavy (non-hydrogen) atoms. The molecule has 7 nitrogen and oxygen atoms in total. The normalized spacial score (nSPS) is 12.0. The quantitative estimate of drug-likeness (QED) is 0.350. The van der Waals surface area contributed by atoms with Gasteiger partial charge in [-0.15, -0.1) is 0 Å². The van der Waals surface area contributed by atoms with Crippen molar-refractivity contribution in [2.45, 2.75) is 37.8 Å². The lowest BCUT2D eigenvalue weighted by Gasteiger charge is -2.33. The number of amides is 2. The number of sulfonamides is 1. The maximum absolute atomic E-state index is 13.8. The molecule has 0 fully saturated rings. The summed E-state index contributed by atoms with van der Waals surface area (Å²) < 4.78 is 42.6. The van der Waals surface area contributed by atoms with Gasteiger partial charge in [0.25, 0.3) is 10.0 Å². The van der Waals surface area contributed by atoms with Crippen molar-refractivity contribution < 1.29 is 22.4 Å². The van der Waals surface area contributed by atoms with Crippen LogP contribution in [0.15, 0.2) is 88.2 Å². The molecular formula is C27H29BrFN3O4S. The van der Waals surface area contributed by atoms with Gasteiger partial charge in [0.05, 0.1) is 10.6 Å². The second kappa shape index (κ2) is 12.8. The smallest absolute Gasteiger partial charge is 0.264 e. The number of carbonyl (C=O) groups excluding carboxylic acids is 2. The summed E-state index contributed by atoms with van der Waals surface area (Å²) in [6.07, 6.45) is 0.307. The van der Waals surface area contributed by atoms with Crippen LogP contribution in [0, 0.1) is 5.82 Å². The standard InChI is InChI=1S/C27H29BrFN3O4S/c1-3-25(27(34)30-4-2)31(18-20-13-15-22(29)16-14-20)26(33)19-32(23-10-8-9-21(28)17-23)37(35,36)24-11-6-5-7-12-24/h5-17,25H,3-4,18-19H2,1-2H3,(H,30,34)/t25-/m1/s1. The first-order chi connectivity index (χ1) is 17.7. The fourth-order valence-electron chi connectivity index (χ4n) is 3.88. The monoisotopic (exact) mass is 589 g/mol. The van der Waals surface area contributed by atoms with E-state index in [-0.39, 0.29) is 17.3 Å². The maximum Gasteiger partial charge on any atom is 0.264 e. The number of anilines is 1. The number of hydrogen-bond acceptors (Lipinski definition) is 4. The molecule has 0 aliphatic carbocycles. The average Bonchev–Trinajstić information content (AvgIpc) is 2.88. The van der Waals surface area contributed by atoms with Crippen molar-refractivity contribution in [3.8, 4) is 0 Å². The molecule has 3 aromatic rings. The molecule has 3 rings (SSSR count). The van der Waals surface area contributed by atoms with E-state index in [1.807, 2.05) is 0 Å². The zero-order chi connectivity index (χ0) is 27.0. The molecule has 196 valence electrons. The zero-order valence-electron chi connectivity index (χ0n) is 20.6. The van der Waals surface area contributed by atoms with E-state index in [0.717, 1.165) is 4.31 Å². The summed E-state index contributed by atoms with van der Waals surface area (Å²) in [4.78, 5) is 28.1. The van der Waals surface area contributed by atoms with E-state index in [4.69, 9.17) is 0 Å². The molecule has 0 spiro atoms. The van der Waals surface area contributed by atoms with Crippen LogP contribution in [-0.4, -0.2) is 44.3 Å². The number of hydrogen-bond donors (Lipinski definition) is 1. The van der Waals surface area contributed by atoms with Crippen molar-refractivity contribution in [2.24, 2.45) is 0 Å². The van der Waals surface area contributed by atoms with Crippen LogP contribution in [-0.2, 0) is 26.2 Å². The van der Waals surface area contributed by atoms with Gasteiger partial charge in [0, 0.05) is 17.6 Å². The third-order valence-electron chi connectivity index (χ3n) is 5.71. The van der Waals surface area contributed by atoms with Crippen LogP contribution < -0.4 is 9.62 Å². The molecule has 0 heterocycles. The summed E-state index contributed by atoms with van der Waals surface area (Å²) in [7, 11) is -4.13. The van der Waals surface area contributed by atoms with Crippen LogP contribution >= 0.6 is 15.9 Å². The Kier molecular flexibility index (Phi) is 9.82. The fourth-order valence-corrected chi connectivity index (χ4v) is 5.69. The Morgan fingerprint density at radius 1 is 0.973 bits per heavy atom. The highest BCUT2D eigenvalue weighted by Gasteiger charge is 2.33. The lowest BCUT2D eigenvalue weighted by atomic mass is 10.1. The molecule has 0 radical (unpaired) electrons. The van der Waals surface area contributed by atoms with Crippen LogP contribution in [0.3, 0.4) is 0 Å². The fraction of sp³-hybridized carbons (Fsp3) is 0.259. The summed E-state index contributed by atoms with van der Waals surface area (Å²) in [5.41, 5.74) is 0.900. The third kappa shape index (κ3) is 7.17. The Morgan fingerprint density at radius 2 is 1.65 bits per heavy atom. The van der Waals surface area contributed by atoms with E-state index in [9.17, 15) is 22.4 Å². The Morgan fingerprint density at radius 3 is 2.24 bits per heavy atom. The van der Waals surface area contributed by atoms with E-state index in [2.05, 4.69) is 21.2 Å². The minimum Gasteiger partial charge on any atom is -0.355 e. The molecule has 0 aromatic heterocycles. The van der Waals surface area contributed by atoms with E-state index in [1.54, 1.807) is 56.3 Å². The summed E-state index contributed by atoms with van der Waals surface area (Å²) in [6.45, 7) is 3.40. The first-order valence-electron chi connectivity index (χ1n) is 11.8. The number of carbonyl (C=O) groups is 2. The molecule has 10 heteroatoms. The van der Waals surface area contributed by atoms with Gasteiger partial charge >= 0.3 is 0 Å². The molecule has 2 amide bonds. The van der Waals surface area contributed by atoms with Gasteiger partial charge in [-0.05, 0) is 61.4 Å². The Balaban J connectivity index is 2.04. The summed E-state index contributed by atoms with van der Waals surface area (Å²) in [5.74, 6) is -1.34. The summed E-state index contributed by atoms with van der Waals surface area (Å²) in [6, 6.07) is 19.3. The van der Waals surface area contributed by atoms with Crippen LogP contribution in [0.5, 0.6) is 0 Å². The molecule has 0 unspecified atom stereocenters. The van der Waals surface area contributed by atoms with Crippen molar-refractivity contribution in [3.05, 3.63) is 94.7 Å². The van der Waals surface area contributed by atoms with Gasteiger partial charge < -0.3 is 10.2 Å². The van der Waals surface area contributed by atoms with Gasteiger partial charge in [-0.3, -0.25) is 13.9 Å². The number of benzene rings is 3. The van der Waals surface area contributed by atoms with Crippen LogP contribution in [0.25, 0.3) is 0 Å². The average molecular weight is 591 g/mol. The zero-order valence-corrected chi connectivity index (χ0v) is 23.0. The SMILES string of the molecule is CCNC(=O)[C@@H](CC)N(Cc1ccc(F)cc1)C(=O)CN(c1cccc(Br)c1)S(=O)(=O)c1ccccc1. The molecule has 0 aliphatic heterocycles. The second-order valence-electron chi connectivity index (χ2n) is 8.27. The molecule has 0 bridgehead atoms. The van der Waals surface area contributed by atoms with Crippen molar-refractivity contribution >= 4 is 43.5 Å². The minimum atomic E-state index is -4.13. The van der Waals surface area contributed by atoms with Crippen molar-refractivity contribution in [2.75, 3.05) is 17.4 Å². The van der Waals surface area contributed by atoms with E-state index in [0.29, 0.717) is 28.7 Å². The first-order valence-corrected chi connectivity index (χ1v) is 14.1. The molecule has 1 atom stereocenters. The Bertz CT molecular complexity index is 1320. The lowest BCUT2D eigenvalue weighted by molar-refractivity contribution is -0.140. The molecule has 1 N–H and O–H groups in total. The van der Waals surface area contributed by atoms with Crippen LogP contribution in [0.4, 0.5) is 10.1 Å². The number of rotatable bonds is 11. The maximum atomic E-state index is 13.8. The number of halogens is 2. The van der Waals surface area contributed by atoms with Crippen molar-refractivity contribution in [1.29, 1.82) is 0 Å². The van der Waals surface area contributed by atoms with Gasteiger partial charge in [0.1, 0.15) is 18.4 Å². The third-order valence-corrected chi connectivity index (χ3v) is 7.99. The van der Waals surface area contributed by atoms with Crippen LogP contribution in [0.2, 0.25) is 0 Å². The van der Waals surface area contributed by atoms with Gasteiger partial charge in [-0.25, -0.2) is 12.8 Å². The Labute approximate surface area is 225 Å². The topological polar surface area (TPSA) is 86.8 Å². The Hall–Kier alpha value is -3.24. The van der Waals surface area contributed by atoms with Gasteiger partial charge in [0.15, 0.2) is 0 Å². The van der Waals surface area contributed by atoms with E-state index in [1.165, 1.54) is 41.3 Å². The highest BCUT2D eigenvalue weighted by atomic mass is 79.9. The van der Waals surface area contributed by atoms with Gasteiger partial charge in [-0.2, -0.15) is 0 Å². The molecule has 0 saturated carbocycles. The van der Waals surface area contributed by atoms with Crippen molar-refractivity contribution in [3.63, 3.8) is 0 Å². The number of likely N-dealkylation sites (N-methyl/N-ethyl adjacent to an activating group) is 1. The molecule has 0 saturated heterocycles. The predicted molar refractivity (Wildman–Crippen MR) is 145 cm³/mol. The lowest BCUT2D eigenvalue weighted by Crippen LogP contribution is -2.52. The molecule has 3 aromatic carbocycles. The van der Waals surface area contributed by atoms with Gasteiger partial charge in [-0.1, -0.05) is 59.3 Å². The number of nitrogens with one attached hydrogen (secondary N) is 1. The van der Waals surface area contributed by atoms with Crippen LogP contribution in [0.1, 0.15) is 25.8 Å². The molecule has 0 aliphatic rings. The first kappa shape index (κ1) is 28.3. The predicted octanol–water partition coefficient (Wildman–Crippen LogP) is 4.73. The summed E-state index contributed by atoms with van der Waals surface area (Å²) in [5, 5.41) is 2.74.